The number of benzene rings is 1. The third-order valence-corrected chi connectivity index (χ3v) is 5.18. The van der Waals surface area contributed by atoms with Gasteiger partial charge in [0.15, 0.2) is 0 Å². The number of para-hydroxylation sites is 2. The Labute approximate surface area is 149 Å². The number of hydrogen-bond acceptors (Lipinski definition) is 4. The Kier molecular flexibility index (Phi) is 5.06. The lowest BCUT2D eigenvalue weighted by molar-refractivity contribution is -0.124. The van der Waals surface area contributed by atoms with Crippen LogP contribution in [0.1, 0.15) is 24.8 Å². The van der Waals surface area contributed by atoms with E-state index < -0.39 is 6.61 Å². The van der Waals surface area contributed by atoms with Crippen LogP contribution in [-0.2, 0) is 4.79 Å². The normalized spacial score (nSPS) is 19.5. The van der Waals surface area contributed by atoms with E-state index in [2.05, 4.69) is 34.9 Å². The predicted molar refractivity (Wildman–Crippen MR) is 94.1 cm³/mol. The van der Waals surface area contributed by atoms with E-state index in [-0.39, 0.29) is 35.3 Å². The molecule has 7 heteroatoms. The van der Waals surface area contributed by atoms with Crippen molar-refractivity contribution in [3.63, 3.8) is 0 Å². The summed E-state index contributed by atoms with van der Waals surface area (Å²) in [5.41, 5.74) is 0.349. The molecule has 1 aliphatic rings. The van der Waals surface area contributed by atoms with Gasteiger partial charge in [0, 0.05) is 11.4 Å². The van der Waals surface area contributed by atoms with Crippen LogP contribution < -0.4 is 10.1 Å². The minimum atomic E-state index is -2.93. The fourth-order valence-corrected chi connectivity index (χ4v) is 4.45. The number of halogens is 2. The number of alkyl halides is 2. The number of rotatable bonds is 6. The van der Waals surface area contributed by atoms with E-state index >= 15 is 0 Å². The number of nitrogens with zero attached hydrogens (tertiary/aromatic N) is 1. The number of hydrogen-bond donors (Lipinski definition) is 1. The van der Waals surface area contributed by atoms with E-state index in [0.29, 0.717) is 0 Å². The first kappa shape index (κ1) is 17.8. The average molecular weight is 366 g/mol. The molecule has 2 heterocycles. The van der Waals surface area contributed by atoms with E-state index in [9.17, 15) is 13.6 Å². The van der Waals surface area contributed by atoms with Crippen LogP contribution in [0.3, 0.4) is 0 Å². The van der Waals surface area contributed by atoms with Crippen molar-refractivity contribution in [3.05, 3.63) is 46.7 Å². The maximum Gasteiger partial charge on any atom is 0.387 e. The second-order valence-electron chi connectivity index (χ2n) is 6.73. The van der Waals surface area contributed by atoms with Gasteiger partial charge in [0.1, 0.15) is 5.75 Å². The number of nitrogens with one attached hydrogen (secondary N) is 1. The number of carbonyl (C=O) groups excluding carboxylic acids is 1. The lowest BCUT2D eigenvalue weighted by Crippen LogP contribution is -2.57. The molecule has 1 aliphatic heterocycles. The zero-order chi connectivity index (χ0) is 18.0. The molecule has 1 N–H and O–H groups in total. The van der Waals surface area contributed by atoms with Crippen LogP contribution in [0.5, 0.6) is 5.75 Å². The summed E-state index contributed by atoms with van der Waals surface area (Å²) in [7, 11) is 0. The first-order valence-electron chi connectivity index (χ1n) is 7.98. The van der Waals surface area contributed by atoms with Gasteiger partial charge in [0.05, 0.1) is 18.3 Å². The Bertz CT molecular complexity index is 734. The molecule has 0 unspecified atom stereocenters. The van der Waals surface area contributed by atoms with E-state index in [1.165, 1.54) is 10.9 Å². The summed E-state index contributed by atoms with van der Waals surface area (Å²) in [5.74, 6) is -0.285. The summed E-state index contributed by atoms with van der Waals surface area (Å²) in [6.07, 6.45) is 0. The zero-order valence-corrected chi connectivity index (χ0v) is 14.9. The lowest BCUT2D eigenvalue weighted by Gasteiger charge is -2.53. The van der Waals surface area contributed by atoms with Gasteiger partial charge in [-0.25, -0.2) is 0 Å². The van der Waals surface area contributed by atoms with Crippen molar-refractivity contribution in [2.45, 2.75) is 26.5 Å². The van der Waals surface area contributed by atoms with Gasteiger partial charge in [-0.2, -0.15) is 8.78 Å². The molecule has 0 aliphatic carbocycles. The van der Waals surface area contributed by atoms with Crippen LogP contribution in [-0.4, -0.2) is 30.5 Å². The quantitative estimate of drug-likeness (QED) is 0.825. The summed E-state index contributed by atoms with van der Waals surface area (Å²) >= 11 is 1.68. The first-order valence-corrected chi connectivity index (χ1v) is 8.86. The zero-order valence-electron chi connectivity index (χ0n) is 14.0. The van der Waals surface area contributed by atoms with Crippen LogP contribution in [0.4, 0.5) is 14.5 Å². The van der Waals surface area contributed by atoms with Crippen molar-refractivity contribution in [3.8, 4) is 5.75 Å². The Balaban J connectivity index is 1.66. The maximum absolute atomic E-state index is 12.5. The molecule has 3 rings (SSSR count). The summed E-state index contributed by atoms with van der Waals surface area (Å²) in [5, 5.41) is 4.70. The third-order valence-electron chi connectivity index (χ3n) is 4.25. The molecule has 4 nitrogen and oxygen atoms in total. The van der Waals surface area contributed by atoms with Gasteiger partial charge in [-0.05, 0) is 29.0 Å². The van der Waals surface area contributed by atoms with Gasteiger partial charge < -0.3 is 10.1 Å². The summed E-state index contributed by atoms with van der Waals surface area (Å²) in [6, 6.07) is 10.5. The van der Waals surface area contributed by atoms with Crippen molar-refractivity contribution in [2.24, 2.45) is 5.41 Å². The lowest BCUT2D eigenvalue weighted by atomic mass is 9.74. The topological polar surface area (TPSA) is 41.6 Å². The number of thiophene rings is 1. The number of likely N-dealkylation sites (tertiary alicyclic amines) is 1. The summed E-state index contributed by atoms with van der Waals surface area (Å²) in [4.78, 5) is 15.7. The van der Waals surface area contributed by atoms with Crippen LogP contribution in [0.2, 0.25) is 0 Å². The Morgan fingerprint density at radius 1 is 1.36 bits per heavy atom. The van der Waals surface area contributed by atoms with E-state index in [0.717, 1.165) is 6.54 Å². The molecule has 134 valence electrons. The minimum absolute atomic E-state index is 0.0374. The SMILES string of the molecule is CC1(C)CN(CC(=O)Nc2ccccc2OC(F)F)[C@H]1c1cccs1. The molecule has 2 aromatic rings. The van der Waals surface area contributed by atoms with Gasteiger partial charge in [0.2, 0.25) is 5.91 Å². The van der Waals surface area contributed by atoms with E-state index in [4.69, 9.17) is 0 Å². The molecule has 1 fully saturated rings. The molecule has 0 saturated carbocycles. The highest BCUT2D eigenvalue weighted by molar-refractivity contribution is 7.10. The number of carbonyl (C=O) groups is 1. The van der Waals surface area contributed by atoms with Crippen LogP contribution in [0.15, 0.2) is 41.8 Å². The Morgan fingerprint density at radius 2 is 2.12 bits per heavy atom. The highest BCUT2D eigenvalue weighted by atomic mass is 32.1. The molecule has 0 spiro atoms. The first-order chi connectivity index (χ1) is 11.9. The van der Waals surface area contributed by atoms with Crippen molar-refractivity contribution in [2.75, 3.05) is 18.4 Å². The molecular formula is C18H20F2N2O2S. The maximum atomic E-state index is 12.5. The van der Waals surface area contributed by atoms with Gasteiger partial charge in [-0.15, -0.1) is 11.3 Å². The Hall–Kier alpha value is -1.99. The molecule has 1 atom stereocenters. The number of anilines is 1. The molecule has 0 radical (unpaired) electrons. The Morgan fingerprint density at radius 3 is 2.76 bits per heavy atom. The van der Waals surface area contributed by atoms with Crippen molar-refractivity contribution in [1.82, 2.24) is 4.90 Å². The van der Waals surface area contributed by atoms with E-state index in [1.807, 2.05) is 11.4 Å². The molecular weight excluding hydrogens is 346 g/mol. The second kappa shape index (κ2) is 7.09. The van der Waals surface area contributed by atoms with Gasteiger partial charge in [0.25, 0.3) is 0 Å². The fraction of sp³-hybridized carbons (Fsp3) is 0.389. The fourth-order valence-electron chi connectivity index (χ4n) is 3.38. The standard InChI is InChI=1S/C18H20F2N2O2S/c1-18(2)11-22(16(18)14-8-5-9-25-14)10-15(23)21-12-6-3-4-7-13(12)24-17(19)20/h3-9,16-17H,10-11H2,1-2H3,(H,21,23)/t16-/m0/s1. The number of ether oxygens (including phenoxy) is 1. The van der Waals surface area contributed by atoms with Crippen LogP contribution in [0.25, 0.3) is 0 Å². The highest BCUT2D eigenvalue weighted by Gasteiger charge is 2.47. The van der Waals surface area contributed by atoms with Crippen molar-refractivity contribution >= 4 is 22.9 Å². The minimum Gasteiger partial charge on any atom is -0.433 e. The largest absolute Gasteiger partial charge is 0.433 e. The average Bonchev–Trinajstić information content (AvgIpc) is 3.01. The smallest absolute Gasteiger partial charge is 0.387 e. The molecule has 1 saturated heterocycles. The van der Waals surface area contributed by atoms with Crippen molar-refractivity contribution in [1.29, 1.82) is 0 Å². The molecule has 25 heavy (non-hydrogen) atoms. The molecule has 1 aromatic heterocycles. The van der Waals surface area contributed by atoms with Gasteiger partial charge in [-0.1, -0.05) is 32.0 Å². The molecule has 1 amide bonds. The predicted octanol–water partition coefficient (Wildman–Crippen LogP) is 4.37. The van der Waals surface area contributed by atoms with Gasteiger partial charge in [-0.3, -0.25) is 9.69 Å². The van der Waals surface area contributed by atoms with Gasteiger partial charge >= 0.3 is 6.61 Å². The monoisotopic (exact) mass is 366 g/mol. The van der Waals surface area contributed by atoms with Crippen LogP contribution in [0, 0.1) is 5.41 Å². The third kappa shape index (κ3) is 3.99. The second-order valence-corrected chi connectivity index (χ2v) is 7.71. The van der Waals surface area contributed by atoms with Crippen molar-refractivity contribution < 1.29 is 18.3 Å². The van der Waals surface area contributed by atoms with Crippen LogP contribution >= 0.6 is 11.3 Å². The molecule has 0 bridgehead atoms. The molecule has 1 aromatic carbocycles. The summed E-state index contributed by atoms with van der Waals surface area (Å²) < 4.78 is 29.4. The number of amides is 1. The highest BCUT2D eigenvalue weighted by Crippen LogP contribution is 2.49. The van der Waals surface area contributed by atoms with E-state index in [1.54, 1.807) is 29.5 Å². The summed E-state index contributed by atoms with van der Waals surface area (Å²) in [6.45, 7) is 2.43.